The summed E-state index contributed by atoms with van der Waals surface area (Å²) in [5, 5.41) is 2.94. The average Bonchev–Trinajstić information content (AvgIpc) is 2.80. The number of piperidine rings is 1. The lowest BCUT2D eigenvalue weighted by atomic mass is 9.99. The van der Waals surface area contributed by atoms with Crippen LogP contribution in [0.25, 0.3) is 0 Å². The van der Waals surface area contributed by atoms with Crippen molar-refractivity contribution < 1.29 is 17.9 Å². The van der Waals surface area contributed by atoms with Gasteiger partial charge in [0.2, 0.25) is 15.9 Å². The molecule has 1 N–H and O–H groups in total. The van der Waals surface area contributed by atoms with Crippen molar-refractivity contribution in [2.24, 2.45) is 5.92 Å². The summed E-state index contributed by atoms with van der Waals surface area (Å²) in [5.41, 5.74) is 2.81. The van der Waals surface area contributed by atoms with Gasteiger partial charge in [-0.05, 0) is 55.0 Å². The molecule has 0 aliphatic carbocycles. The highest BCUT2D eigenvalue weighted by Gasteiger charge is 2.19. The van der Waals surface area contributed by atoms with Gasteiger partial charge in [0.05, 0.1) is 19.1 Å². The van der Waals surface area contributed by atoms with Crippen LogP contribution in [0.1, 0.15) is 38.2 Å². The Kier molecular flexibility index (Phi) is 8.61. The molecule has 1 aliphatic heterocycles. The minimum atomic E-state index is -3.47. The minimum Gasteiger partial charge on any atom is -0.497 e. The number of amides is 1. The molecule has 0 unspecified atom stereocenters. The van der Waals surface area contributed by atoms with Crippen LogP contribution in [0, 0.1) is 5.92 Å². The van der Waals surface area contributed by atoms with Crippen LogP contribution in [0.2, 0.25) is 0 Å². The fourth-order valence-corrected chi connectivity index (χ4v) is 5.13. The molecule has 1 atom stereocenters. The second-order valence-corrected chi connectivity index (χ2v) is 10.7. The lowest BCUT2D eigenvalue weighted by molar-refractivity contribution is -0.121. The molecule has 1 amide bonds. The summed E-state index contributed by atoms with van der Waals surface area (Å²) in [7, 11) is -1.93. The number of hydrogen-bond acceptors (Lipinski definition) is 5. The SMILES string of the molecule is COc1cccc(N(CCCC(=O)NCc2ccc(N3CCC[C@H](C)C3)cc2)S(C)(=O)=O)c1. The molecule has 2 aromatic rings. The number of nitrogens with zero attached hydrogens (tertiary/aromatic N) is 2. The van der Waals surface area contributed by atoms with Gasteiger partial charge in [-0.25, -0.2) is 8.42 Å². The van der Waals surface area contributed by atoms with Crippen LogP contribution >= 0.6 is 0 Å². The molecule has 8 heteroatoms. The van der Waals surface area contributed by atoms with Crippen molar-refractivity contribution >= 4 is 27.3 Å². The standard InChI is InChI=1S/C25H35N3O4S/c1-20-7-5-15-27(19-20)22-13-11-21(12-14-22)18-26-25(29)10-6-16-28(33(3,30)31)23-8-4-9-24(17-23)32-2/h4,8-9,11-14,17,20H,5-7,10,15-16,18-19H2,1-3H3,(H,26,29)/t20-/m0/s1. The second kappa shape index (κ2) is 11.4. The topological polar surface area (TPSA) is 79.0 Å². The third kappa shape index (κ3) is 7.39. The summed E-state index contributed by atoms with van der Waals surface area (Å²) in [6, 6.07) is 15.3. The number of hydrogen-bond donors (Lipinski definition) is 1. The van der Waals surface area contributed by atoms with Crippen molar-refractivity contribution in [3.05, 3.63) is 54.1 Å². The molecule has 180 valence electrons. The Hall–Kier alpha value is -2.74. The zero-order valence-electron chi connectivity index (χ0n) is 19.8. The molecule has 0 aromatic heterocycles. The summed E-state index contributed by atoms with van der Waals surface area (Å²) in [4.78, 5) is 14.8. The third-order valence-electron chi connectivity index (χ3n) is 5.95. The van der Waals surface area contributed by atoms with Crippen molar-refractivity contribution in [2.75, 3.05) is 42.2 Å². The van der Waals surface area contributed by atoms with Crippen molar-refractivity contribution in [1.82, 2.24) is 5.32 Å². The van der Waals surface area contributed by atoms with Crippen molar-refractivity contribution in [2.45, 2.75) is 39.2 Å². The Balaban J connectivity index is 1.47. The van der Waals surface area contributed by atoms with Gasteiger partial charge in [-0.1, -0.05) is 25.1 Å². The van der Waals surface area contributed by atoms with E-state index in [1.165, 1.54) is 36.2 Å². The number of nitrogens with one attached hydrogen (secondary N) is 1. The third-order valence-corrected chi connectivity index (χ3v) is 7.15. The maximum absolute atomic E-state index is 12.3. The van der Waals surface area contributed by atoms with E-state index in [0.717, 1.165) is 24.6 Å². The van der Waals surface area contributed by atoms with Gasteiger partial charge in [0.25, 0.3) is 0 Å². The summed E-state index contributed by atoms with van der Waals surface area (Å²) in [6.45, 7) is 5.17. The number of carbonyl (C=O) groups is 1. The normalized spacial score (nSPS) is 16.3. The Labute approximate surface area is 197 Å². The Morgan fingerprint density at radius 3 is 2.64 bits per heavy atom. The van der Waals surface area contributed by atoms with Crippen LogP contribution in [0.3, 0.4) is 0 Å². The molecule has 33 heavy (non-hydrogen) atoms. The Bertz CT molecular complexity index is 1020. The molecular weight excluding hydrogens is 438 g/mol. The van der Waals surface area contributed by atoms with E-state index in [2.05, 4.69) is 41.4 Å². The van der Waals surface area contributed by atoms with Crippen LogP contribution in [0.5, 0.6) is 5.75 Å². The van der Waals surface area contributed by atoms with Crippen molar-refractivity contribution in [1.29, 1.82) is 0 Å². The summed E-state index contributed by atoms with van der Waals surface area (Å²) >= 11 is 0. The highest BCUT2D eigenvalue weighted by Crippen LogP contribution is 2.24. The molecule has 1 aliphatic rings. The van der Waals surface area contributed by atoms with Crippen LogP contribution < -0.4 is 19.3 Å². The molecule has 1 heterocycles. The largest absolute Gasteiger partial charge is 0.497 e. The number of methoxy groups -OCH3 is 1. The molecule has 0 radical (unpaired) electrons. The molecule has 1 fully saturated rings. The predicted octanol–water partition coefficient (Wildman–Crippen LogP) is 3.79. The monoisotopic (exact) mass is 473 g/mol. The number of sulfonamides is 1. The van der Waals surface area contributed by atoms with Gasteiger partial charge in [-0.15, -0.1) is 0 Å². The summed E-state index contributed by atoms with van der Waals surface area (Å²) in [5.74, 6) is 1.21. The number of carbonyl (C=O) groups excluding carboxylic acids is 1. The molecule has 3 rings (SSSR count). The maximum Gasteiger partial charge on any atom is 0.232 e. The smallest absolute Gasteiger partial charge is 0.232 e. The van der Waals surface area contributed by atoms with Crippen molar-refractivity contribution in [3.63, 3.8) is 0 Å². The first kappa shape index (κ1) is 24.9. The quantitative estimate of drug-likeness (QED) is 0.568. The van der Waals surface area contributed by atoms with E-state index in [0.29, 0.717) is 24.4 Å². The molecule has 2 aromatic carbocycles. The molecule has 0 bridgehead atoms. The molecule has 7 nitrogen and oxygen atoms in total. The molecule has 0 spiro atoms. The van der Waals surface area contributed by atoms with Gasteiger partial charge < -0.3 is 15.0 Å². The van der Waals surface area contributed by atoms with Crippen molar-refractivity contribution in [3.8, 4) is 5.75 Å². The van der Waals surface area contributed by atoms with Gasteiger partial charge in [-0.2, -0.15) is 0 Å². The first-order chi connectivity index (χ1) is 15.8. The zero-order chi connectivity index (χ0) is 23.8. The Morgan fingerprint density at radius 1 is 1.21 bits per heavy atom. The van der Waals surface area contributed by atoms with E-state index in [1.807, 2.05) is 0 Å². The van der Waals surface area contributed by atoms with Gasteiger partial charge in [-0.3, -0.25) is 9.10 Å². The van der Waals surface area contributed by atoms with Gasteiger partial charge in [0.1, 0.15) is 5.75 Å². The lowest BCUT2D eigenvalue weighted by Gasteiger charge is -2.32. The fourth-order valence-electron chi connectivity index (χ4n) is 4.17. The van der Waals surface area contributed by atoms with Crippen LogP contribution in [-0.2, 0) is 21.4 Å². The van der Waals surface area contributed by atoms with E-state index in [4.69, 9.17) is 4.74 Å². The maximum atomic E-state index is 12.3. The minimum absolute atomic E-state index is 0.0944. The van der Waals surface area contributed by atoms with E-state index in [-0.39, 0.29) is 18.9 Å². The highest BCUT2D eigenvalue weighted by atomic mass is 32.2. The molecule has 0 saturated carbocycles. The molecule has 1 saturated heterocycles. The van der Waals surface area contributed by atoms with E-state index in [9.17, 15) is 13.2 Å². The van der Waals surface area contributed by atoms with Gasteiger partial charge in [0.15, 0.2) is 0 Å². The summed E-state index contributed by atoms with van der Waals surface area (Å²) < 4.78 is 31.0. The number of anilines is 2. The molecular formula is C25H35N3O4S. The first-order valence-electron chi connectivity index (χ1n) is 11.5. The number of ether oxygens (including phenoxy) is 1. The summed E-state index contributed by atoms with van der Waals surface area (Å²) in [6.07, 6.45) is 4.36. The highest BCUT2D eigenvalue weighted by molar-refractivity contribution is 7.92. The lowest BCUT2D eigenvalue weighted by Crippen LogP contribution is -2.34. The van der Waals surface area contributed by atoms with Gasteiger partial charge >= 0.3 is 0 Å². The number of rotatable bonds is 10. The van der Waals surface area contributed by atoms with Crippen LogP contribution in [0.4, 0.5) is 11.4 Å². The van der Waals surface area contributed by atoms with Gasteiger partial charge in [0, 0.05) is 44.4 Å². The van der Waals surface area contributed by atoms with Crippen LogP contribution in [-0.4, -0.2) is 47.3 Å². The second-order valence-electron chi connectivity index (χ2n) is 8.78. The average molecular weight is 474 g/mol. The van der Waals surface area contributed by atoms with E-state index < -0.39 is 10.0 Å². The number of benzene rings is 2. The Morgan fingerprint density at radius 2 is 1.97 bits per heavy atom. The fraction of sp³-hybridized carbons (Fsp3) is 0.480. The van der Waals surface area contributed by atoms with E-state index >= 15 is 0 Å². The predicted molar refractivity (Wildman–Crippen MR) is 133 cm³/mol. The van der Waals surface area contributed by atoms with E-state index in [1.54, 1.807) is 24.3 Å². The first-order valence-corrected chi connectivity index (χ1v) is 13.3. The van der Waals surface area contributed by atoms with Crippen LogP contribution in [0.15, 0.2) is 48.5 Å². The zero-order valence-corrected chi connectivity index (χ0v) is 20.6.